The highest BCUT2D eigenvalue weighted by molar-refractivity contribution is 7.13. The lowest BCUT2D eigenvalue weighted by molar-refractivity contribution is -0.117. The molecule has 0 aliphatic rings. The smallest absolute Gasteiger partial charge is 0.249 e. The Morgan fingerprint density at radius 1 is 1.19 bits per heavy atom. The Balaban J connectivity index is 1.77. The van der Waals surface area contributed by atoms with Gasteiger partial charge >= 0.3 is 0 Å². The number of nitriles is 1. The van der Waals surface area contributed by atoms with Crippen LogP contribution in [-0.2, 0) is 4.79 Å². The molecule has 2 aromatic carbocycles. The van der Waals surface area contributed by atoms with E-state index in [4.69, 9.17) is 4.74 Å². The van der Waals surface area contributed by atoms with Crippen LogP contribution in [0.4, 0.5) is 5.69 Å². The maximum absolute atomic E-state index is 12.6. The number of thiazole rings is 1. The van der Waals surface area contributed by atoms with Crippen LogP contribution in [0, 0.1) is 17.2 Å². The molecule has 7 heteroatoms. The highest BCUT2D eigenvalue weighted by Crippen LogP contribution is 2.25. The monoisotopic (exact) mass is 377 g/mol. The number of benzene rings is 2. The van der Waals surface area contributed by atoms with Crippen LogP contribution in [0.15, 0.2) is 60.0 Å². The Morgan fingerprint density at radius 3 is 2.67 bits per heavy atom. The summed E-state index contributed by atoms with van der Waals surface area (Å²) >= 11 is 1.29. The van der Waals surface area contributed by atoms with E-state index in [1.165, 1.54) is 18.4 Å². The predicted molar refractivity (Wildman–Crippen MR) is 103 cm³/mol. The molecule has 1 unspecified atom stereocenters. The van der Waals surface area contributed by atoms with Crippen molar-refractivity contribution in [2.24, 2.45) is 5.92 Å². The van der Waals surface area contributed by atoms with Gasteiger partial charge in [-0.3, -0.25) is 9.59 Å². The number of amides is 1. The minimum Gasteiger partial charge on any atom is -0.497 e. The molecule has 0 bridgehead atoms. The van der Waals surface area contributed by atoms with Crippen molar-refractivity contribution in [2.45, 2.75) is 0 Å². The fourth-order valence-corrected chi connectivity index (χ4v) is 3.22. The number of carbonyl (C=O) groups is 2. The van der Waals surface area contributed by atoms with Gasteiger partial charge in [0.2, 0.25) is 11.7 Å². The predicted octanol–water partition coefficient (Wildman–Crippen LogP) is 3.78. The molecule has 1 N–H and O–H groups in total. The summed E-state index contributed by atoms with van der Waals surface area (Å²) in [5.41, 5.74) is 1.41. The molecule has 3 aromatic rings. The second-order valence-electron chi connectivity index (χ2n) is 5.55. The first-order chi connectivity index (χ1) is 13.1. The molecule has 1 amide bonds. The van der Waals surface area contributed by atoms with Gasteiger partial charge in [-0.1, -0.05) is 36.4 Å². The average molecular weight is 377 g/mol. The summed E-state index contributed by atoms with van der Waals surface area (Å²) in [6.07, 6.45) is 0. The fourth-order valence-electron chi connectivity index (χ4n) is 2.40. The average Bonchev–Trinajstić information content (AvgIpc) is 3.19. The number of aromatic nitrogens is 1. The van der Waals surface area contributed by atoms with Gasteiger partial charge in [-0.2, -0.15) is 5.26 Å². The number of ether oxygens (including phenoxy) is 1. The Hall–Kier alpha value is -3.50. The maximum atomic E-state index is 12.6. The van der Waals surface area contributed by atoms with Gasteiger partial charge in [0.1, 0.15) is 16.5 Å². The van der Waals surface area contributed by atoms with Crippen LogP contribution in [0.1, 0.15) is 10.5 Å². The molecule has 0 saturated carbocycles. The van der Waals surface area contributed by atoms with Crippen molar-refractivity contribution in [1.82, 2.24) is 4.98 Å². The van der Waals surface area contributed by atoms with Crippen molar-refractivity contribution in [2.75, 3.05) is 12.4 Å². The summed E-state index contributed by atoms with van der Waals surface area (Å²) in [4.78, 5) is 29.3. The fraction of sp³-hybridized carbons (Fsp3) is 0.100. The summed E-state index contributed by atoms with van der Waals surface area (Å²) in [6.45, 7) is 0. The Labute approximate surface area is 160 Å². The molecule has 1 heterocycles. The first kappa shape index (κ1) is 18.3. The van der Waals surface area contributed by atoms with Crippen molar-refractivity contribution in [3.05, 3.63) is 65.7 Å². The summed E-state index contributed by atoms with van der Waals surface area (Å²) < 4.78 is 5.09. The summed E-state index contributed by atoms with van der Waals surface area (Å²) in [7, 11) is 1.51. The number of carbonyl (C=O) groups excluding carboxylic acids is 2. The van der Waals surface area contributed by atoms with Crippen molar-refractivity contribution < 1.29 is 14.3 Å². The number of nitrogens with one attached hydrogen (secondary N) is 1. The number of Topliss-reactive ketones (excluding diaryl/α,β-unsaturated/α-hetero) is 1. The van der Waals surface area contributed by atoms with Crippen molar-refractivity contribution >= 4 is 28.7 Å². The molecular formula is C20H15N3O3S. The molecule has 0 aliphatic heterocycles. The van der Waals surface area contributed by atoms with Gasteiger partial charge in [0.15, 0.2) is 5.92 Å². The van der Waals surface area contributed by atoms with E-state index in [0.717, 1.165) is 5.56 Å². The molecule has 0 radical (unpaired) electrons. The summed E-state index contributed by atoms with van der Waals surface area (Å²) in [5, 5.41) is 14.1. The standard InChI is InChI=1S/C20H15N3O3S/c1-26-15-9-5-8-14(10-15)22-19(25)16(11-21)18(24)17-12-27-20(23-17)13-6-3-2-4-7-13/h2-10,12,16H,1H3,(H,22,25). The molecule has 0 aliphatic carbocycles. The van der Waals surface area contributed by atoms with Crippen LogP contribution in [0.2, 0.25) is 0 Å². The molecule has 134 valence electrons. The third-order valence-corrected chi connectivity index (χ3v) is 4.66. The van der Waals surface area contributed by atoms with Gasteiger partial charge < -0.3 is 10.1 Å². The van der Waals surface area contributed by atoms with E-state index >= 15 is 0 Å². The zero-order chi connectivity index (χ0) is 19.2. The number of hydrogen-bond acceptors (Lipinski definition) is 6. The molecule has 3 rings (SSSR count). The van der Waals surface area contributed by atoms with Crippen molar-refractivity contribution in [1.29, 1.82) is 5.26 Å². The first-order valence-electron chi connectivity index (χ1n) is 8.02. The molecule has 0 saturated heterocycles. The number of ketones is 1. The number of methoxy groups -OCH3 is 1. The minimum atomic E-state index is -1.48. The maximum Gasteiger partial charge on any atom is 0.249 e. The third-order valence-electron chi connectivity index (χ3n) is 3.77. The van der Waals surface area contributed by atoms with Gasteiger partial charge in [-0.15, -0.1) is 11.3 Å². The molecule has 1 aromatic heterocycles. The van der Waals surface area contributed by atoms with Crippen molar-refractivity contribution in [3.63, 3.8) is 0 Å². The SMILES string of the molecule is COc1cccc(NC(=O)C(C#N)C(=O)c2csc(-c3ccccc3)n2)c1. The quantitative estimate of drug-likeness (QED) is 0.521. The van der Waals surface area contributed by atoms with Crippen LogP contribution in [0.25, 0.3) is 10.6 Å². The normalized spacial score (nSPS) is 11.3. The molecule has 1 atom stereocenters. The van der Waals surface area contributed by atoms with Gasteiger partial charge in [0, 0.05) is 22.7 Å². The second kappa shape index (κ2) is 8.25. The molecule has 0 spiro atoms. The lowest BCUT2D eigenvalue weighted by Gasteiger charge is -2.09. The van der Waals surface area contributed by atoms with E-state index in [-0.39, 0.29) is 5.69 Å². The van der Waals surface area contributed by atoms with E-state index < -0.39 is 17.6 Å². The summed E-state index contributed by atoms with van der Waals surface area (Å²) in [6, 6.07) is 17.8. The molecule has 6 nitrogen and oxygen atoms in total. The van der Waals surface area contributed by atoms with Gasteiger partial charge in [-0.25, -0.2) is 4.98 Å². The van der Waals surface area contributed by atoms with Crippen LogP contribution in [-0.4, -0.2) is 23.8 Å². The van der Waals surface area contributed by atoms with E-state index in [9.17, 15) is 14.9 Å². The van der Waals surface area contributed by atoms with Gasteiger partial charge in [0.25, 0.3) is 0 Å². The van der Waals surface area contributed by atoms with Gasteiger partial charge in [-0.05, 0) is 12.1 Å². The van der Waals surface area contributed by atoms with E-state index in [0.29, 0.717) is 16.4 Å². The zero-order valence-corrected chi connectivity index (χ0v) is 15.2. The first-order valence-corrected chi connectivity index (χ1v) is 8.90. The lowest BCUT2D eigenvalue weighted by Crippen LogP contribution is -2.28. The van der Waals surface area contributed by atoms with Crippen LogP contribution in [0.5, 0.6) is 5.75 Å². The van der Waals surface area contributed by atoms with E-state index in [1.54, 1.807) is 35.7 Å². The molecule has 0 fully saturated rings. The lowest BCUT2D eigenvalue weighted by atomic mass is 10.0. The highest BCUT2D eigenvalue weighted by Gasteiger charge is 2.29. The van der Waals surface area contributed by atoms with Gasteiger partial charge in [0.05, 0.1) is 13.2 Å². The third kappa shape index (κ3) is 4.19. The number of nitrogens with zero attached hydrogens (tertiary/aromatic N) is 2. The highest BCUT2D eigenvalue weighted by atomic mass is 32.1. The van der Waals surface area contributed by atoms with E-state index in [2.05, 4.69) is 10.3 Å². The largest absolute Gasteiger partial charge is 0.497 e. The van der Waals surface area contributed by atoms with Crippen LogP contribution in [0.3, 0.4) is 0 Å². The summed E-state index contributed by atoms with van der Waals surface area (Å²) in [5.74, 6) is -2.26. The van der Waals surface area contributed by atoms with E-state index in [1.807, 2.05) is 30.3 Å². The second-order valence-corrected chi connectivity index (χ2v) is 6.41. The number of rotatable bonds is 6. The van der Waals surface area contributed by atoms with Crippen molar-refractivity contribution in [3.8, 4) is 22.4 Å². The Bertz CT molecular complexity index is 1010. The zero-order valence-electron chi connectivity index (χ0n) is 14.4. The Morgan fingerprint density at radius 2 is 1.96 bits per heavy atom. The molecule has 27 heavy (non-hydrogen) atoms. The van der Waals surface area contributed by atoms with Crippen LogP contribution < -0.4 is 10.1 Å². The van der Waals surface area contributed by atoms with Crippen LogP contribution >= 0.6 is 11.3 Å². The topological polar surface area (TPSA) is 92.1 Å². The minimum absolute atomic E-state index is 0.103. The number of hydrogen-bond donors (Lipinski definition) is 1. The molecular weight excluding hydrogens is 362 g/mol. The number of anilines is 1. The Kier molecular flexibility index (Phi) is 5.59.